The maximum atomic E-state index is 12.0. The van der Waals surface area contributed by atoms with Gasteiger partial charge in [-0.3, -0.25) is 4.79 Å². The van der Waals surface area contributed by atoms with Crippen LogP contribution in [0.25, 0.3) is 0 Å². The summed E-state index contributed by atoms with van der Waals surface area (Å²) < 4.78 is 5.02. The van der Waals surface area contributed by atoms with Gasteiger partial charge in [-0.15, -0.1) is 0 Å². The summed E-state index contributed by atoms with van der Waals surface area (Å²) in [6, 6.07) is 0. The van der Waals surface area contributed by atoms with Crippen molar-refractivity contribution in [2.24, 2.45) is 0 Å². The number of esters is 1. The second kappa shape index (κ2) is 6.38. The molecule has 0 saturated heterocycles. The molecule has 0 spiro atoms. The molecule has 100 valence electrons. The number of rotatable bonds is 6. The van der Waals surface area contributed by atoms with E-state index in [0.717, 1.165) is 17.7 Å². The number of aryl methyl sites for hydroxylation is 1. The Morgan fingerprint density at radius 2 is 1.89 bits per heavy atom. The molecule has 0 saturated carbocycles. The van der Waals surface area contributed by atoms with Gasteiger partial charge in [-0.05, 0) is 25.8 Å². The highest BCUT2D eigenvalue weighted by Gasteiger charge is 2.23. The first kappa shape index (κ1) is 14.5. The molecule has 1 heterocycles. The van der Waals surface area contributed by atoms with Crippen LogP contribution >= 0.6 is 0 Å². The van der Waals surface area contributed by atoms with E-state index in [4.69, 9.17) is 4.74 Å². The largest absolute Gasteiger partial charge is 0.461 e. The lowest BCUT2D eigenvalue weighted by molar-refractivity contribution is 0.0519. The van der Waals surface area contributed by atoms with Crippen LogP contribution in [0.4, 0.5) is 0 Å². The van der Waals surface area contributed by atoms with Gasteiger partial charge in [-0.2, -0.15) is 0 Å². The molecule has 1 rings (SSSR count). The van der Waals surface area contributed by atoms with Gasteiger partial charge >= 0.3 is 5.97 Å². The van der Waals surface area contributed by atoms with E-state index in [1.165, 1.54) is 0 Å². The third kappa shape index (κ3) is 2.81. The number of ketones is 1. The van der Waals surface area contributed by atoms with Gasteiger partial charge in [-0.1, -0.05) is 20.3 Å². The molecule has 0 aliphatic rings. The van der Waals surface area contributed by atoms with Crippen molar-refractivity contribution in [1.82, 2.24) is 4.98 Å². The molecular weight excluding hydrogens is 230 g/mol. The number of hydrogen-bond donors (Lipinski definition) is 1. The lowest BCUT2D eigenvalue weighted by atomic mass is 9.99. The highest BCUT2D eigenvalue weighted by atomic mass is 16.5. The number of ether oxygens (including phenoxy) is 1. The molecule has 0 unspecified atom stereocenters. The molecule has 1 N–H and O–H groups in total. The fourth-order valence-electron chi connectivity index (χ4n) is 2.11. The lowest BCUT2D eigenvalue weighted by Crippen LogP contribution is -2.09. The number of H-pyrrole nitrogens is 1. The van der Waals surface area contributed by atoms with Crippen molar-refractivity contribution in [2.45, 2.75) is 47.0 Å². The predicted octanol–water partition coefficient (Wildman–Crippen LogP) is 3.05. The number of aromatic nitrogens is 1. The monoisotopic (exact) mass is 251 g/mol. The topological polar surface area (TPSA) is 59.2 Å². The van der Waals surface area contributed by atoms with Crippen LogP contribution in [0.5, 0.6) is 0 Å². The minimum absolute atomic E-state index is 0.0720. The Bertz CT molecular complexity index is 446. The van der Waals surface area contributed by atoms with E-state index >= 15 is 0 Å². The zero-order valence-corrected chi connectivity index (χ0v) is 11.6. The number of nitrogens with one attached hydrogen (secondary N) is 1. The van der Waals surface area contributed by atoms with Crippen molar-refractivity contribution in [3.8, 4) is 0 Å². The Morgan fingerprint density at radius 3 is 2.39 bits per heavy atom. The average Bonchev–Trinajstić information content (AvgIpc) is 2.66. The van der Waals surface area contributed by atoms with Gasteiger partial charge in [0.05, 0.1) is 6.61 Å². The van der Waals surface area contributed by atoms with Crippen LogP contribution in [0.3, 0.4) is 0 Å². The highest BCUT2D eigenvalue weighted by molar-refractivity contribution is 6.02. The molecule has 0 radical (unpaired) electrons. The standard InChI is InChI=1S/C14H21NO3/c1-5-8-10-12(11(16)6-2)9(4)15-13(10)14(17)18-7-3/h15H,5-8H2,1-4H3. The molecule has 0 bridgehead atoms. The molecule has 0 fully saturated rings. The third-order valence-corrected chi connectivity index (χ3v) is 2.87. The molecule has 4 nitrogen and oxygen atoms in total. The molecule has 0 aromatic carbocycles. The van der Waals surface area contributed by atoms with Gasteiger partial charge in [0, 0.05) is 17.7 Å². The van der Waals surface area contributed by atoms with Crippen LogP contribution in [0, 0.1) is 6.92 Å². The fraction of sp³-hybridized carbons (Fsp3) is 0.571. The summed E-state index contributed by atoms with van der Waals surface area (Å²) in [6.45, 7) is 7.78. The second-order valence-corrected chi connectivity index (χ2v) is 4.23. The molecule has 18 heavy (non-hydrogen) atoms. The van der Waals surface area contributed by atoms with Crippen LogP contribution in [-0.4, -0.2) is 23.3 Å². The van der Waals surface area contributed by atoms with Gasteiger partial charge in [0.1, 0.15) is 5.69 Å². The Labute approximate surface area is 108 Å². The Kier molecular flexibility index (Phi) is 5.13. The number of Topliss-reactive ketones (excluding diaryl/α,β-unsaturated/α-hetero) is 1. The minimum Gasteiger partial charge on any atom is -0.461 e. The van der Waals surface area contributed by atoms with E-state index in [1.54, 1.807) is 6.92 Å². The summed E-state index contributed by atoms with van der Waals surface area (Å²) in [7, 11) is 0. The number of carbonyl (C=O) groups excluding carboxylic acids is 2. The smallest absolute Gasteiger partial charge is 0.355 e. The summed E-state index contributed by atoms with van der Waals surface area (Å²) in [6.07, 6.45) is 2.03. The Balaban J connectivity index is 3.27. The molecule has 0 aliphatic heterocycles. The highest BCUT2D eigenvalue weighted by Crippen LogP contribution is 2.23. The molecule has 0 atom stereocenters. The zero-order valence-electron chi connectivity index (χ0n) is 11.6. The summed E-state index contributed by atoms with van der Waals surface area (Å²) in [5, 5.41) is 0. The quantitative estimate of drug-likeness (QED) is 0.624. The van der Waals surface area contributed by atoms with Gasteiger partial charge in [0.25, 0.3) is 0 Å². The van der Waals surface area contributed by atoms with Crippen molar-refractivity contribution in [2.75, 3.05) is 6.61 Å². The van der Waals surface area contributed by atoms with Crippen molar-refractivity contribution in [3.05, 3.63) is 22.5 Å². The Morgan fingerprint density at radius 1 is 1.22 bits per heavy atom. The third-order valence-electron chi connectivity index (χ3n) is 2.87. The number of aromatic amines is 1. The Hall–Kier alpha value is -1.58. The first-order valence-corrected chi connectivity index (χ1v) is 6.48. The zero-order chi connectivity index (χ0) is 13.7. The van der Waals surface area contributed by atoms with Crippen LogP contribution in [0.2, 0.25) is 0 Å². The lowest BCUT2D eigenvalue weighted by Gasteiger charge is -2.05. The van der Waals surface area contributed by atoms with E-state index in [-0.39, 0.29) is 11.8 Å². The van der Waals surface area contributed by atoms with E-state index < -0.39 is 0 Å². The fourth-order valence-corrected chi connectivity index (χ4v) is 2.11. The first-order valence-electron chi connectivity index (χ1n) is 6.48. The van der Waals surface area contributed by atoms with Gasteiger partial charge in [0.2, 0.25) is 0 Å². The molecule has 1 aromatic heterocycles. The van der Waals surface area contributed by atoms with Crippen LogP contribution < -0.4 is 0 Å². The van der Waals surface area contributed by atoms with Gasteiger partial charge < -0.3 is 9.72 Å². The van der Waals surface area contributed by atoms with Crippen molar-refractivity contribution in [3.63, 3.8) is 0 Å². The van der Waals surface area contributed by atoms with E-state index in [0.29, 0.717) is 30.7 Å². The molecule has 0 amide bonds. The normalized spacial score (nSPS) is 10.4. The predicted molar refractivity (Wildman–Crippen MR) is 70.1 cm³/mol. The van der Waals surface area contributed by atoms with Crippen molar-refractivity contribution < 1.29 is 14.3 Å². The second-order valence-electron chi connectivity index (χ2n) is 4.23. The maximum absolute atomic E-state index is 12.0. The maximum Gasteiger partial charge on any atom is 0.355 e. The van der Waals surface area contributed by atoms with E-state index in [2.05, 4.69) is 4.98 Å². The first-order chi connectivity index (χ1) is 8.56. The SMILES string of the molecule is CCCc1c(C(=O)OCC)[nH]c(C)c1C(=O)CC. The average molecular weight is 251 g/mol. The van der Waals surface area contributed by atoms with Crippen LogP contribution in [0.1, 0.15) is 65.7 Å². The van der Waals surface area contributed by atoms with Crippen LogP contribution in [0.15, 0.2) is 0 Å². The van der Waals surface area contributed by atoms with Crippen molar-refractivity contribution in [1.29, 1.82) is 0 Å². The van der Waals surface area contributed by atoms with Crippen LogP contribution in [-0.2, 0) is 11.2 Å². The number of carbonyl (C=O) groups is 2. The van der Waals surface area contributed by atoms with Gasteiger partial charge in [-0.25, -0.2) is 4.79 Å². The summed E-state index contributed by atoms with van der Waals surface area (Å²) in [5.74, 6) is -0.304. The summed E-state index contributed by atoms with van der Waals surface area (Å²) >= 11 is 0. The van der Waals surface area contributed by atoms with E-state index in [1.807, 2.05) is 20.8 Å². The van der Waals surface area contributed by atoms with Crippen molar-refractivity contribution >= 4 is 11.8 Å². The van der Waals surface area contributed by atoms with E-state index in [9.17, 15) is 9.59 Å². The van der Waals surface area contributed by atoms with Gasteiger partial charge in [0.15, 0.2) is 5.78 Å². The minimum atomic E-state index is -0.376. The molecule has 4 heteroatoms. The summed E-state index contributed by atoms with van der Waals surface area (Å²) in [5.41, 5.74) is 2.67. The molecule has 1 aromatic rings. The molecule has 0 aliphatic carbocycles. The summed E-state index contributed by atoms with van der Waals surface area (Å²) in [4.78, 5) is 26.8. The number of hydrogen-bond acceptors (Lipinski definition) is 3. The molecular formula is C14H21NO3.